The van der Waals surface area contributed by atoms with Crippen LogP contribution in [0.2, 0.25) is 0 Å². The van der Waals surface area contributed by atoms with E-state index in [0.717, 1.165) is 16.0 Å². The minimum absolute atomic E-state index is 0.0135. The molecule has 0 bridgehead atoms. The Bertz CT molecular complexity index is 1090. The van der Waals surface area contributed by atoms with Gasteiger partial charge in [0.25, 0.3) is 5.91 Å². The number of aryl methyl sites for hydroxylation is 1. The largest absolute Gasteiger partial charge is 0.339 e. The van der Waals surface area contributed by atoms with Crippen LogP contribution in [0.1, 0.15) is 39.7 Å². The van der Waals surface area contributed by atoms with Crippen LogP contribution in [0.25, 0.3) is 11.4 Å². The van der Waals surface area contributed by atoms with Gasteiger partial charge in [-0.15, -0.1) is 11.3 Å². The van der Waals surface area contributed by atoms with Gasteiger partial charge in [0, 0.05) is 18.5 Å². The molecule has 1 amide bonds. The van der Waals surface area contributed by atoms with Crippen molar-refractivity contribution in [2.24, 2.45) is 0 Å². The zero-order chi connectivity index (χ0) is 20.9. The van der Waals surface area contributed by atoms with Gasteiger partial charge in [0.15, 0.2) is 0 Å². The van der Waals surface area contributed by atoms with E-state index in [2.05, 4.69) is 10.1 Å². The van der Waals surface area contributed by atoms with Crippen molar-refractivity contribution in [2.45, 2.75) is 26.3 Å². The molecule has 30 heavy (non-hydrogen) atoms. The van der Waals surface area contributed by atoms with Crippen molar-refractivity contribution in [1.82, 2.24) is 15.0 Å². The van der Waals surface area contributed by atoms with E-state index in [1.807, 2.05) is 90.9 Å². The lowest BCUT2D eigenvalue weighted by atomic mass is 10.1. The zero-order valence-electron chi connectivity index (χ0n) is 17.0. The number of thiophene rings is 1. The highest BCUT2D eigenvalue weighted by Crippen LogP contribution is 2.24. The van der Waals surface area contributed by atoms with Gasteiger partial charge in [-0.3, -0.25) is 4.79 Å². The maximum atomic E-state index is 13.2. The topological polar surface area (TPSA) is 59.2 Å². The van der Waals surface area contributed by atoms with Gasteiger partial charge in [0.2, 0.25) is 11.7 Å². The molecule has 0 unspecified atom stereocenters. The molecule has 4 aromatic rings. The van der Waals surface area contributed by atoms with Crippen LogP contribution in [0, 0.1) is 6.92 Å². The van der Waals surface area contributed by atoms with E-state index in [4.69, 9.17) is 4.52 Å². The van der Waals surface area contributed by atoms with Crippen LogP contribution < -0.4 is 0 Å². The molecule has 0 radical (unpaired) electrons. The van der Waals surface area contributed by atoms with Crippen LogP contribution in [0.15, 0.2) is 76.6 Å². The van der Waals surface area contributed by atoms with Crippen molar-refractivity contribution >= 4 is 17.2 Å². The molecule has 5 nitrogen and oxygen atoms in total. The predicted molar refractivity (Wildman–Crippen MR) is 118 cm³/mol. The number of hydrogen-bond donors (Lipinski definition) is 0. The normalized spacial score (nSPS) is 11.9. The highest BCUT2D eigenvalue weighted by atomic mass is 32.1. The fraction of sp³-hybridized carbons (Fsp3) is 0.208. The van der Waals surface area contributed by atoms with E-state index in [-0.39, 0.29) is 11.9 Å². The maximum absolute atomic E-state index is 13.2. The molecule has 2 aromatic carbocycles. The van der Waals surface area contributed by atoms with Crippen LogP contribution >= 0.6 is 11.3 Å². The Kier molecular flexibility index (Phi) is 6.05. The molecule has 0 N–H and O–H groups in total. The van der Waals surface area contributed by atoms with Gasteiger partial charge >= 0.3 is 0 Å². The Morgan fingerprint density at radius 3 is 2.53 bits per heavy atom. The summed E-state index contributed by atoms with van der Waals surface area (Å²) in [5.74, 6) is 1.10. The second-order valence-electron chi connectivity index (χ2n) is 7.19. The smallest absolute Gasteiger partial charge is 0.264 e. The van der Waals surface area contributed by atoms with Crippen LogP contribution in [-0.2, 0) is 6.42 Å². The summed E-state index contributed by atoms with van der Waals surface area (Å²) in [4.78, 5) is 20.3. The number of carbonyl (C=O) groups is 1. The average Bonchev–Trinajstić information content (AvgIpc) is 3.47. The number of nitrogens with zero attached hydrogens (tertiary/aromatic N) is 3. The molecule has 0 saturated carbocycles. The van der Waals surface area contributed by atoms with Crippen molar-refractivity contribution in [2.75, 3.05) is 6.54 Å². The number of amides is 1. The van der Waals surface area contributed by atoms with Crippen molar-refractivity contribution in [3.05, 3.63) is 94.0 Å². The van der Waals surface area contributed by atoms with Gasteiger partial charge in [-0.05, 0) is 30.9 Å². The lowest BCUT2D eigenvalue weighted by molar-refractivity contribution is 0.0694. The Morgan fingerprint density at radius 1 is 1.07 bits per heavy atom. The van der Waals surface area contributed by atoms with E-state index in [1.54, 1.807) is 0 Å². The van der Waals surface area contributed by atoms with Crippen LogP contribution in [0.4, 0.5) is 0 Å². The average molecular weight is 418 g/mol. The molecule has 0 fully saturated rings. The van der Waals surface area contributed by atoms with Gasteiger partial charge < -0.3 is 9.42 Å². The molecule has 0 aliphatic heterocycles. The maximum Gasteiger partial charge on any atom is 0.264 e. The minimum atomic E-state index is -0.0692. The first-order valence-electron chi connectivity index (χ1n) is 9.91. The highest BCUT2D eigenvalue weighted by molar-refractivity contribution is 7.12. The van der Waals surface area contributed by atoms with E-state index in [1.165, 1.54) is 16.9 Å². The molecule has 0 spiro atoms. The van der Waals surface area contributed by atoms with Gasteiger partial charge in [-0.2, -0.15) is 4.98 Å². The Morgan fingerprint density at radius 2 is 1.83 bits per heavy atom. The summed E-state index contributed by atoms with van der Waals surface area (Å²) in [7, 11) is 0. The second-order valence-corrected chi connectivity index (χ2v) is 8.14. The Labute approximate surface area is 180 Å². The zero-order valence-corrected chi connectivity index (χ0v) is 17.8. The molecule has 2 heterocycles. The summed E-state index contributed by atoms with van der Waals surface area (Å²) < 4.78 is 5.46. The molecule has 152 valence electrons. The molecule has 0 aliphatic rings. The van der Waals surface area contributed by atoms with E-state index in [9.17, 15) is 4.79 Å². The van der Waals surface area contributed by atoms with E-state index < -0.39 is 0 Å². The highest BCUT2D eigenvalue weighted by Gasteiger charge is 2.24. The van der Waals surface area contributed by atoms with Crippen molar-refractivity contribution < 1.29 is 9.32 Å². The lowest BCUT2D eigenvalue weighted by Crippen LogP contribution is -2.35. The summed E-state index contributed by atoms with van der Waals surface area (Å²) >= 11 is 1.45. The first-order chi connectivity index (χ1) is 14.6. The molecular weight excluding hydrogens is 394 g/mol. The number of carbonyl (C=O) groups excluding carboxylic acids is 1. The van der Waals surface area contributed by atoms with E-state index in [0.29, 0.717) is 24.7 Å². The first kappa shape index (κ1) is 20.0. The van der Waals surface area contributed by atoms with Crippen molar-refractivity contribution in [3.63, 3.8) is 0 Å². The Hall–Kier alpha value is -3.25. The molecule has 0 aliphatic carbocycles. The number of rotatable bonds is 7. The third-order valence-electron chi connectivity index (χ3n) is 5.09. The third kappa shape index (κ3) is 4.49. The Balaban J connectivity index is 1.52. The molecule has 2 aromatic heterocycles. The third-order valence-corrected chi connectivity index (χ3v) is 5.94. The minimum Gasteiger partial charge on any atom is -0.339 e. The summed E-state index contributed by atoms with van der Waals surface area (Å²) in [6.07, 6.45) is 0.493. The van der Waals surface area contributed by atoms with Gasteiger partial charge in [-0.1, -0.05) is 71.4 Å². The molecule has 4 rings (SSSR count). The second kappa shape index (κ2) is 9.05. The number of benzene rings is 2. The van der Waals surface area contributed by atoms with Gasteiger partial charge in [0.05, 0.1) is 10.9 Å². The summed E-state index contributed by atoms with van der Waals surface area (Å²) in [5, 5.41) is 6.03. The predicted octanol–water partition coefficient (Wildman–Crippen LogP) is 5.55. The molecule has 0 saturated heterocycles. The molecule has 6 heteroatoms. The summed E-state index contributed by atoms with van der Waals surface area (Å²) in [5.41, 5.74) is 3.19. The monoisotopic (exact) mass is 417 g/mol. The van der Waals surface area contributed by atoms with Gasteiger partial charge in [-0.25, -0.2) is 0 Å². The molecule has 1 atom stereocenters. The number of aromatic nitrogens is 2. The fourth-order valence-corrected chi connectivity index (χ4v) is 4.00. The first-order valence-corrected chi connectivity index (χ1v) is 10.8. The summed E-state index contributed by atoms with van der Waals surface area (Å²) in [6.45, 7) is 4.58. The SMILES string of the molecule is Cc1ccc(-c2noc(CCN(C(=O)c3cccs3)[C@H](C)c3ccccc3)n2)cc1. The van der Waals surface area contributed by atoms with Gasteiger partial charge in [0.1, 0.15) is 0 Å². The van der Waals surface area contributed by atoms with Crippen LogP contribution in [0.3, 0.4) is 0 Å². The van der Waals surface area contributed by atoms with Crippen LogP contribution in [0.5, 0.6) is 0 Å². The van der Waals surface area contributed by atoms with Crippen molar-refractivity contribution in [3.8, 4) is 11.4 Å². The standard InChI is InChI=1S/C24H23N3O2S/c1-17-10-12-20(13-11-17)23-25-22(29-26-23)14-15-27(24(28)21-9-6-16-30-21)18(2)19-7-4-3-5-8-19/h3-13,16,18H,14-15H2,1-2H3/t18-/m1/s1. The quantitative estimate of drug-likeness (QED) is 0.395. The fourth-order valence-electron chi connectivity index (χ4n) is 3.32. The lowest BCUT2D eigenvalue weighted by Gasteiger charge is -2.29. The van der Waals surface area contributed by atoms with Crippen LogP contribution in [-0.4, -0.2) is 27.5 Å². The summed E-state index contributed by atoms with van der Waals surface area (Å²) in [6, 6.07) is 21.7. The number of hydrogen-bond acceptors (Lipinski definition) is 5. The van der Waals surface area contributed by atoms with Crippen molar-refractivity contribution in [1.29, 1.82) is 0 Å². The van der Waals surface area contributed by atoms with E-state index >= 15 is 0 Å². The molecular formula is C24H23N3O2S.